The molecule has 5 aromatic rings. The average molecular weight is 463 g/mol. The number of amides is 1. The molecule has 10 heteroatoms. The normalized spacial score (nSPS) is 11.6. The molecule has 34 heavy (non-hydrogen) atoms. The van der Waals surface area contributed by atoms with E-state index >= 15 is 0 Å². The van der Waals surface area contributed by atoms with E-state index in [0.717, 1.165) is 6.20 Å². The SMILES string of the molecule is Nc1ccc2oc(-c3ccc(NC(=O)c4cnn(-c5ccccc5)c4C(F)(F)F)cc3)nc2c1. The standard InChI is InChI=1S/C24H16F3N5O2/c25-24(26,27)21-18(13-29-32(21)17-4-2-1-3-5-17)22(33)30-16-9-6-14(7-10-16)23-31-19-12-15(28)8-11-20(19)34-23/h1-13H,28H2,(H,30,33). The van der Waals surface area contributed by atoms with E-state index in [1.807, 2.05) is 0 Å². The number of carbonyl (C=O) groups excluding carboxylic acids is 1. The van der Waals surface area contributed by atoms with Crippen molar-refractivity contribution < 1.29 is 22.4 Å². The number of halogens is 3. The van der Waals surface area contributed by atoms with Crippen molar-refractivity contribution >= 4 is 28.4 Å². The average Bonchev–Trinajstić information content (AvgIpc) is 3.44. The Hall–Kier alpha value is -4.60. The number of nitrogens with two attached hydrogens (primary N) is 1. The maximum absolute atomic E-state index is 13.8. The number of nitrogens with zero attached hydrogens (tertiary/aromatic N) is 3. The monoisotopic (exact) mass is 463 g/mol. The Morgan fingerprint density at radius 2 is 1.74 bits per heavy atom. The van der Waals surface area contributed by atoms with Crippen molar-refractivity contribution in [3.05, 3.63) is 90.3 Å². The van der Waals surface area contributed by atoms with E-state index in [1.165, 1.54) is 12.1 Å². The van der Waals surface area contributed by atoms with Gasteiger partial charge in [0.25, 0.3) is 5.91 Å². The van der Waals surface area contributed by atoms with E-state index in [4.69, 9.17) is 10.2 Å². The van der Waals surface area contributed by atoms with Gasteiger partial charge in [-0.1, -0.05) is 18.2 Å². The topological polar surface area (TPSA) is 99.0 Å². The van der Waals surface area contributed by atoms with Crippen LogP contribution in [0.2, 0.25) is 0 Å². The fourth-order valence-electron chi connectivity index (χ4n) is 3.51. The Labute approximate surface area is 190 Å². The smallest absolute Gasteiger partial charge is 0.434 e. The molecule has 0 fully saturated rings. The van der Waals surface area contributed by atoms with Crippen molar-refractivity contribution in [3.8, 4) is 17.1 Å². The highest BCUT2D eigenvalue weighted by Crippen LogP contribution is 2.34. The number of aromatic nitrogens is 3. The first-order valence-electron chi connectivity index (χ1n) is 10.1. The predicted octanol–water partition coefficient (Wildman–Crippen LogP) is 5.53. The van der Waals surface area contributed by atoms with Gasteiger partial charge >= 0.3 is 6.18 Å². The van der Waals surface area contributed by atoms with Gasteiger partial charge in [-0.15, -0.1) is 0 Å². The van der Waals surface area contributed by atoms with Crippen LogP contribution in [0.1, 0.15) is 16.1 Å². The number of fused-ring (bicyclic) bond motifs is 1. The molecular weight excluding hydrogens is 447 g/mol. The molecule has 0 saturated heterocycles. The van der Waals surface area contributed by atoms with Crippen LogP contribution in [0.25, 0.3) is 28.2 Å². The molecule has 1 amide bonds. The Morgan fingerprint density at radius 1 is 1.00 bits per heavy atom. The largest absolute Gasteiger partial charge is 0.436 e. The predicted molar refractivity (Wildman–Crippen MR) is 120 cm³/mol. The highest BCUT2D eigenvalue weighted by molar-refractivity contribution is 6.05. The lowest BCUT2D eigenvalue weighted by Gasteiger charge is -2.13. The van der Waals surface area contributed by atoms with Gasteiger partial charge in [-0.3, -0.25) is 4.79 Å². The third-order valence-corrected chi connectivity index (χ3v) is 5.08. The maximum Gasteiger partial charge on any atom is 0.434 e. The van der Waals surface area contributed by atoms with Gasteiger partial charge in [-0.25, -0.2) is 9.67 Å². The molecule has 0 radical (unpaired) electrons. The molecule has 0 spiro atoms. The minimum absolute atomic E-state index is 0.193. The van der Waals surface area contributed by atoms with Crippen LogP contribution in [0.4, 0.5) is 24.5 Å². The van der Waals surface area contributed by atoms with Crippen molar-refractivity contribution in [1.29, 1.82) is 0 Å². The highest BCUT2D eigenvalue weighted by atomic mass is 19.4. The van der Waals surface area contributed by atoms with Crippen molar-refractivity contribution in [3.63, 3.8) is 0 Å². The number of oxazole rings is 1. The maximum atomic E-state index is 13.8. The quantitative estimate of drug-likeness (QED) is 0.341. The third kappa shape index (κ3) is 3.96. The number of anilines is 2. The molecule has 2 heterocycles. The number of para-hydroxylation sites is 1. The molecule has 5 rings (SSSR count). The molecule has 0 bridgehead atoms. The van der Waals surface area contributed by atoms with Crippen LogP contribution in [0.15, 0.2) is 83.4 Å². The van der Waals surface area contributed by atoms with E-state index in [9.17, 15) is 18.0 Å². The van der Waals surface area contributed by atoms with Crippen molar-refractivity contribution in [1.82, 2.24) is 14.8 Å². The fraction of sp³-hybridized carbons (Fsp3) is 0.0417. The molecule has 0 saturated carbocycles. The molecule has 2 aromatic heterocycles. The lowest BCUT2D eigenvalue weighted by atomic mass is 10.2. The van der Waals surface area contributed by atoms with Crippen LogP contribution < -0.4 is 11.1 Å². The number of nitrogens with one attached hydrogen (secondary N) is 1. The molecule has 3 N–H and O–H groups in total. The summed E-state index contributed by atoms with van der Waals surface area (Å²) in [5.41, 5.74) is 6.86. The lowest BCUT2D eigenvalue weighted by Crippen LogP contribution is -2.20. The zero-order valence-corrected chi connectivity index (χ0v) is 17.4. The van der Waals surface area contributed by atoms with Gasteiger partial charge in [-0.05, 0) is 54.6 Å². The van der Waals surface area contributed by atoms with Crippen LogP contribution in [-0.4, -0.2) is 20.7 Å². The number of alkyl halides is 3. The van der Waals surface area contributed by atoms with Crippen LogP contribution >= 0.6 is 0 Å². The second-order valence-corrected chi connectivity index (χ2v) is 7.43. The second kappa shape index (κ2) is 8.07. The Kier molecular flexibility index (Phi) is 5.05. The number of hydrogen-bond acceptors (Lipinski definition) is 5. The molecule has 0 unspecified atom stereocenters. The summed E-state index contributed by atoms with van der Waals surface area (Å²) in [6.07, 6.45) is -3.89. The van der Waals surface area contributed by atoms with Gasteiger partial charge in [-0.2, -0.15) is 18.3 Å². The molecule has 0 aliphatic rings. The first-order valence-corrected chi connectivity index (χ1v) is 10.1. The Morgan fingerprint density at radius 3 is 2.44 bits per heavy atom. The number of nitrogen functional groups attached to an aromatic ring is 1. The summed E-state index contributed by atoms with van der Waals surface area (Å²) < 4.78 is 47.9. The molecule has 7 nitrogen and oxygen atoms in total. The van der Waals surface area contributed by atoms with Crippen molar-refractivity contribution in [2.45, 2.75) is 6.18 Å². The van der Waals surface area contributed by atoms with Gasteiger partial charge < -0.3 is 15.5 Å². The van der Waals surface area contributed by atoms with Crippen LogP contribution in [0.3, 0.4) is 0 Å². The molecule has 170 valence electrons. The first kappa shape index (κ1) is 21.3. The summed E-state index contributed by atoms with van der Waals surface area (Å²) in [5, 5.41) is 6.29. The van der Waals surface area contributed by atoms with Crippen LogP contribution in [0.5, 0.6) is 0 Å². The number of carbonyl (C=O) groups is 1. The van der Waals surface area contributed by atoms with E-state index in [-0.39, 0.29) is 5.69 Å². The van der Waals surface area contributed by atoms with E-state index in [2.05, 4.69) is 15.4 Å². The molecule has 0 aliphatic carbocycles. The third-order valence-electron chi connectivity index (χ3n) is 5.08. The summed E-state index contributed by atoms with van der Waals surface area (Å²) in [6.45, 7) is 0. The van der Waals surface area contributed by atoms with E-state index < -0.39 is 23.3 Å². The molecule has 0 atom stereocenters. The zero-order chi connectivity index (χ0) is 23.9. The summed E-state index contributed by atoms with van der Waals surface area (Å²) in [5.74, 6) is -0.582. The Bertz CT molecular complexity index is 1490. The Balaban J connectivity index is 1.41. The second-order valence-electron chi connectivity index (χ2n) is 7.43. The molecule has 3 aromatic carbocycles. The van der Waals surface area contributed by atoms with Crippen LogP contribution in [-0.2, 0) is 6.18 Å². The summed E-state index contributed by atoms with van der Waals surface area (Å²) in [7, 11) is 0. The summed E-state index contributed by atoms with van der Waals surface area (Å²) >= 11 is 0. The first-order chi connectivity index (χ1) is 16.3. The van der Waals surface area contributed by atoms with Crippen molar-refractivity contribution in [2.75, 3.05) is 11.1 Å². The van der Waals surface area contributed by atoms with Gasteiger partial charge in [0.05, 0.1) is 17.4 Å². The summed E-state index contributed by atoms with van der Waals surface area (Å²) in [6, 6.07) is 19.3. The van der Waals surface area contributed by atoms with Gasteiger partial charge in [0.15, 0.2) is 11.3 Å². The van der Waals surface area contributed by atoms with E-state index in [1.54, 1.807) is 60.7 Å². The molecular formula is C24H16F3N5O2. The van der Waals surface area contributed by atoms with Gasteiger partial charge in [0, 0.05) is 16.9 Å². The molecule has 0 aliphatic heterocycles. The summed E-state index contributed by atoms with van der Waals surface area (Å²) in [4.78, 5) is 17.1. The minimum atomic E-state index is -4.79. The highest BCUT2D eigenvalue weighted by Gasteiger charge is 2.40. The minimum Gasteiger partial charge on any atom is -0.436 e. The number of rotatable bonds is 4. The van der Waals surface area contributed by atoms with Gasteiger partial charge in [0.2, 0.25) is 5.89 Å². The van der Waals surface area contributed by atoms with E-state index in [0.29, 0.717) is 38.6 Å². The van der Waals surface area contributed by atoms with Gasteiger partial charge in [0.1, 0.15) is 5.52 Å². The van der Waals surface area contributed by atoms with Crippen LogP contribution in [0, 0.1) is 0 Å². The van der Waals surface area contributed by atoms with Crippen molar-refractivity contribution in [2.24, 2.45) is 0 Å². The number of hydrogen-bond donors (Lipinski definition) is 2. The lowest BCUT2D eigenvalue weighted by molar-refractivity contribution is -0.143. The fourth-order valence-corrected chi connectivity index (χ4v) is 3.51. The zero-order valence-electron chi connectivity index (χ0n) is 17.4. The number of benzene rings is 3.